The minimum atomic E-state index is -3.39. The summed E-state index contributed by atoms with van der Waals surface area (Å²) < 4.78 is 32.2. The van der Waals surface area contributed by atoms with E-state index in [0.29, 0.717) is 37.0 Å². The first-order valence-electron chi connectivity index (χ1n) is 12.3. The molecule has 4 heterocycles. The Balaban J connectivity index is 1.70. The molecule has 3 aromatic rings. The van der Waals surface area contributed by atoms with Gasteiger partial charge in [-0.05, 0) is 24.4 Å². The maximum absolute atomic E-state index is 12.1. The molecule has 13 heteroatoms. The van der Waals surface area contributed by atoms with Crippen LogP contribution in [0.15, 0.2) is 28.9 Å². The van der Waals surface area contributed by atoms with Crippen molar-refractivity contribution in [3.63, 3.8) is 0 Å². The van der Waals surface area contributed by atoms with Gasteiger partial charge < -0.3 is 24.6 Å². The number of amides is 1. The minimum Gasteiger partial charge on any atom is -0.465 e. The van der Waals surface area contributed by atoms with E-state index in [0.717, 1.165) is 46.8 Å². The second-order valence-electron chi connectivity index (χ2n) is 11.0. The second kappa shape index (κ2) is 10.7. The number of hydrogen-bond acceptors (Lipinski definition) is 8. The largest absolute Gasteiger partial charge is 0.465 e. The molecule has 4 rings (SSSR count). The van der Waals surface area contributed by atoms with Crippen LogP contribution < -0.4 is 5.32 Å². The number of pyridine rings is 1. The number of carbonyl (C=O) groups is 1. The number of nitrogens with zero attached hydrogens (tertiary/aromatic N) is 4. The Morgan fingerprint density at radius 3 is 2.68 bits per heavy atom. The number of anilines is 1. The van der Waals surface area contributed by atoms with Gasteiger partial charge in [-0.2, -0.15) is 0 Å². The summed E-state index contributed by atoms with van der Waals surface area (Å²) in [4.78, 5) is 22.2. The number of nitrogens with one attached hydrogen (secondary N) is 1. The molecule has 1 saturated heterocycles. The Labute approximate surface area is 222 Å². The molecule has 202 valence electrons. The zero-order valence-corrected chi connectivity index (χ0v) is 24.5. The van der Waals surface area contributed by atoms with Crippen LogP contribution in [0.5, 0.6) is 0 Å². The topological polar surface area (TPSA) is 127 Å². The summed E-state index contributed by atoms with van der Waals surface area (Å²) in [6.45, 7) is 10.9. The number of likely N-dealkylation sites (tertiary alicyclic amines) is 1. The molecule has 0 bridgehead atoms. The molecule has 0 saturated carbocycles. The molecular formula is C24H35N5O5S2Si. The number of rotatable bonds is 9. The fraction of sp³-hybridized carbons (Fsp3) is 0.542. The number of thiazole rings is 1. The van der Waals surface area contributed by atoms with Crippen LogP contribution in [0, 0.1) is 5.92 Å². The fourth-order valence-electron chi connectivity index (χ4n) is 4.47. The van der Waals surface area contributed by atoms with Crippen molar-refractivity contribution in [2.45, 2.75) is 56.0 Å². The third-order valence-corrected chi connectivity index (χ3v) is 10.9. The van der Waals surface area contributed by atoms with Crippen molar-refractivity contribution in [2.24, 2.45) is 5.92 Å². The standard InChI is InChI=1S/C24H35N5O5S2Si/c1-16-10-17(14-29(13-16)24(30)31)27-21-18-6-7-28(15-34-8-9-37(3,4)5)22(18)25-11-19(21)23-26-12-20(35-23)36(2,32)33/h6-7,11-12,16-17H,8-10,13-15H2,1-5H3,(H,25,27)(H,30,31)/t16-,17+/m0/s1. The van der Waals surface area contributed by atoms with Gasteiger partial charge >= 0.3 is 6.09 Å². The number of fused-ring (bicyclic) bond motifs is 1. The van der Waals surface area contributed by atoms with E-state index >= 15 is 0 Å². The summed E-state index contributed by atoms with van der Waals surface area (Å²) in [7, 11) is -4.59. The molecule has 0 spiro atoms. The van der Waals surface area contributed by atoms with E-state index in [1.807, 2.05) is 23.8 Å². The predicted molar refractivity (Wildman–Crippen MR) is 149 cm³/mol. The quantitative estimate of drug-likeness (QED) is 0.283. The predicted octanol–water partition coefficient (Wildman–Crippen LogP) is 4.68. The van der Waals surface area contributed by atoms with Gasteiger partial charge in [0.1, 0.15) is 21.6 Å². The first-order valence-corrected chi connectivity index (χ1v) is 18.7. The molecule has 1 aliphatic heterocycles. The first kappa shape index (κ1) is 27.5. The van der Waals surface area contributed by atoms with Gasteiger partial charge in [-0.1, -0.05) is 26.6 Å². The highest BCUT2D eigenvalue weighted by atomic mass is 32.2. The normalized spacial score (nSPS) is 18.9. The van der Waals surface area contributed by atoms with Crippen molar-refractivity contribution in [2.75, 3.05) is 31.3 Å². The number of carboxylic acid groups (broad SMARTS) is 1. The number of aromatic nitrogens is 3. The molecular weight excluding hydrogens is 531 g/mol. The Morgan fingerprint density at radius 2 is 2.03 bits per heavy atom. The van der Waals surface area contributed by atoms with Crippen molar-refractivity contribution in [1.82, 2.24) is 19.4 Å². The Hall–Kier alpha value is -2.48. The van der Waals surface area contributed by atoms with Crippen LogP contribution in [0.1, 0.15) is 13.3 Å². The summed E-state index contributed by atoms with van der Waals surface area (Å²) in [5.74, 6) is 0.198. The third-order valence-electron chi connectivity index (χ3n) is 6.37. The van der Waals surface area contributed by atoms with Crippen molar-refractivity contribution < 1.29 is 23.1 Å². The van der Waals surface area contributed by atoms with Crippen LogP contribution >= 0.6 is 11.3 Å². The lowest BCUT2D eigenvalue weighted by molar-refractivity contribution is 0.0899. The molecule has 0 aliphatic carbocycles. The molecule has 0 unspecified atom stereocenters. The Bertz CT molecular complexity index is 1380. The summed E-state index contributed by atoms with van der Waals surface area (Å²) in [5.41, 5.74) is 2.19. The highest BCUT2D eigenvalue weighted by molar-refractivity contribution is 7.92. The molecule has 37 heavy (non-hydrogen) atoms. The van der Waals surface area contributed by atoms with Crippen molar-refractivity contribution in [1.29, 1.82) is 0 Å². The van der Waals surface area contributed by atoms with Crippen LogP contribution in [0.4, 0.5) is 10.5 Å². The summed E-state index contributed by atoms with van der Waals surface area (Å²) >= 11 is 1.10. The van der Waals surface area contributed by atoms with Crippen LogP contribution in [0.3, 0.4) is 0 Å². The molecule has 2 N–H and O–H groups in total. The molecule has 2 atom stereocenters. The maximum Gasteiger partial charge on any atom is 0.407 e. The first-order chi connectivity index (χ1) is 17.3. The van der Waals surface area contributed by atoms with Gasteiger partial charge in [-0.25, -0.2) is 23.2 Å². The van der Waals surface area contributed by atoms with E-state index in [9.17, 15) is 18.3 Å². The van der Waals surface area contributed by atoms with E-state index in [-0.39, 0.29) is 16.2 Å². The summed E-state index contributed by atoms with van der Waals surface area (Å²) in [6, 6.07) is 2.92. The molecule has 3 aromatic heterocycles. The minimum absolute atomic E-state index is 0.116. The van der Waals surface area contributed by atoms with Gasteiger partial charge in [-0.15, -0.1) is 11.3 Å². The lowest BCUT2D eigenvalue weighted by Crippen LogP contribution is -2.47. The second-order valence-corrected chi connectivity index (χ2v) is 19.9. The van der Waals surface area contributed by atoms with E-state index in [1.165, 1.54) is 11.1 Å². The monoisotopic (exact) mass is 565 g/mol. The Morgan fingerprint density at radius 1 is 1.27 bits per heavy atom. The third kappa shape index (κ3) is 6.70. The van der Waals surface area contributed by atoms with Crippen LogP contribution in [0.25, 0.3) is 21.6 Å². The van der Waals surface area contributed by atoms with Gasteiger partial charge in [0.25, 0.3) is 0 Å². The SMILES string of the molecule is C[C@H]1C[C@@H](Nc2c(-c3ncc(S(C)(=O)=O)s3)cnc3c2ccn3COCC[Si](C)(C)C)CN(C(=O)O)C1. The molecule has 0 aromatic carbocycles. The number of hydrogen-bond donors (Lipinski definition) is 2. The van der Waals surface area contributed by atoms with E-state index in [1.54, 1.807) is 6.20 Å². The molecule has 1 fully saturated rings. The smallest absolute Gasteiger partial charge is 0.407 e. The zero-order chi connectivity index (χ0) is 27.0. The zero-order valence-electron chi connectivity index (χ0n) is 21.9. The summed E-state index contributed by atoms with van der Waals surface area (Å²) in [6.07, 6.45) is 6.04. The average molecular weight is 566 g/mol. The van der Waals surface area contributed by atoms with Crippen molar-refractivity contribution in [3.05, 3.63) is 24.7 Å². The van der Waals surface area contributed by atoms with Crippen LogP contribution in [0.2, 0.25) is 25.7 Å². The molecule has 10 nitrogen and oxygen atoms in total. The van der Waals surface area contributed by atoms with Crippen molar-refractivity contribution in [3.8, 4) is 10.6 Å². The molecule has 0 radical (unpaired) electrons. The van der Waals surface area contributed by atoms with E-state index in [2.05, 4.69) is 29.9 Å². The average Bonchev–Trinajstić information content (AvgIpc) is 3.44. The lowest BCUT2D eigenvalue weighted by atomic mass is 9.95. The van der Waals surface area contributed by atoms with Crippen LogP contribution in [-0.2, 0) is 21.3 Å². The van der Waals surface area contributed by atoms with E-state index in [4.69, 9.17) is 9.72 Å². The Kier molecular flexibility index (Phi) is 7.98. The molecule has 1 amide bonds. The van der Waals surface area contributed by atoms with Crippen molar-refractivity contribution >= 4 is 52.1 Å². The number of piperidine rings is 1. The van der Waals surface area contributed by atoms with Crippen LogP contribution in [-0.4, -0.2) is 79.1 Å². The highest BCUT2D eigenvalue weighted by Gasteiger charge is 2.29. The number of sulfone groups is 1. The highest BCUT2D eigenvalue weighted by Crippen LogP contribution is 2.38. The number of ether oxygens (including phenoxy) is 1. The summed E-state index contributed by atoms with van der Waals surface area (Å²) in [5, 5.41) is 14.6. The van der Waals surface area contributed by atoms with Gasteiger partial charge in [-0.3, -0.25) is 0 Å². The van der Waals surface area contributed by atoms with Gasteiger partial charge in [0.05, 0.1) is 17.4 Å². The van der Waals surface area contributed by atoms with Gasteiger partial charge in [0.15, 0.2) is 9.84 Å². The lowest BCUT2D eigenvalue weighted by Gasteiger charge is -2.36. The molecule has 1 aliphatic rings. The van der Waals surface area contributed by atoms with Gasteiger partial charge in [0, 0.05) is 57.8 Å². The fourth-order valence-corrected chi connectivity index (χ4v) is 6.98. The van der Waals surface area contributed by atoms with Gasteiger partial charge in [0.2, 0.25) is 0 Å². The maximum atomic E-state index is 12.1. The van der Waals surface area contributed by atoms with E-state index < -0.39 is 24.0 Å².